The summed E-state index contributed by atoms with van der Waals surface area (Å²) in [6, 6.07) is 20.7. The molecule has 4 rings (SSSR count). The number of nitrogens with zero attached hydrogens (tertiary/aromatic N) is 2. The Morgan fingerprint density at radius 3 is 2.30 bits per heavy atom. The lowest BCUT2D eigenvalue weighted by Crippen LogP contribution is -2.49. The monoisotopic (exact) mass is 447 g/mol. The van der Waals surface area contributed by atoms with Crippen molar-refractivity contribution in [2.45, 2.75) is 19.5 Å². The van der Waals surface area contributed by atoms with Gasteiger partial charge in [0.25, 0.3) is 0 Å². The molecule has 1 saturated heterocycles. The van der Waals surface area contributed by atoms with Crippen LogP contribution in [-0.2, 0) is 11.3 Å². The van der Waals surface area contributed by atoms with Crippen molar-refractivity contribution < 1.29 is 14.3 Å². The van der Waals surface area contributed by atoms with Gasteiger partial charge in [-0.05, 0) is 47.0 Å². The van der Waals surface area contributed by atoms with Crippen molar-refractivity contribution in [3.63, 3.8) is 0 Å². The molecule has 6 nitrogen and oxygen atoms in total. The molecule has 1 amide bonds. The molecule has 0 aliphatic carbocycles. The molecule has 1 aliphatic heterocycles. The van der Waals surface area contributed by atoms with E-state index in [1.165, 1.54) is 16.3 Å². The van der Waals surface area contributed by atoms with E-state index in [0.29, 0.717) is 6.54 Å². The Balaban J connectivity index is 1.25. The fraction of sp³-hybridized carbons (Fsp3) is 0.370. The molecule has 174 valence electrons. The fourth-order valence-corrected chi connectivity index (χ4v) is 4.39. The van der Waals surface area contributed by atoms with Crippen LogP contribution in [0.3, 0.4) is 0 Å². The van der Waals surface area contributed by atoms with Crippen molar-refractivity contribution in [1.82, 2.24) is 15.1 Å². The Labute approximate surface area is 196 Å². The van der Waals surface area contributed by atoms with E-state index in [1.54, 1.807) is 14.2 Å². The average Bonchev–Trinajstić information content (AvgIpc) is 2.84. The minimum Gasteiger partial charge on any atom is -0.493 e. The van der Waals surface area contributed by atoms with Gasteiger partial charge in [0.05, 0.1) is 26.8 Å². The highest BCUT2D eigenvalue weighted by molar-refractivity contribution is 5.83. The van der Waals surface area contributed by atoms with E-state index in [9.17, 15) is 4.79 Å². The second-order valence-corrected chi connectivity index (χ2v) is 8.64. The van der Waals surface area contributed by atoms with Gasteiger partial charge in [0.15, 0.2) is 11.5 Å². The Morgan fingerprint density at radius 2 is 1.58 bits per heavy atom. The molecule has 0 bridgehead atoms. The van der Waals surface area contributed by atoms with Gasteiger partial charge in [0, 0.05) is 32.7 Å². The predicted octanol–water partition coefficient (Wildman–Crippen LogP) is 3.85. The Bertz CT molecular complexity index is 1090. The number of ether oxygens (including phenoxy) is 2. The molecule has 3 aromatic rings. The van der Waals surface area contributed by atoms with E-state index in [2.05, 4.69) is 51.5 Å². The van der Waals surface area contributed by atoms with Gasteiger partial charge in [-0.15, -0.1) is 0 Å². The van der Waals surface area contributed by atoms with E-state index in [4.69, 9.17) is 9.47 Å². The zero-order valence-electron chi connectivity index (χ0n) is 19.7. The molecule has 0 spiro atoms. The predicted molar refractivity (Wildman–Crippen MR) is 132 cm³/mol. The highest BCUT2D eigenvalue weighted by Crippen LogP contribution is 2.28. The summed E-state index contributed by atoms with van der Waals surface area (Å²) in [5, 5.41) is 5.57. The van der Waals surface area contributed by atoms with Crippen molar-refractivity contribution >= 4 is 16.7 Å². The Hall–Kier alpha value is -3.09. The molecule has 0 saturated carbocycles. The lowest BCUT2D eigenvalue weighted by atomic mass is 10.0. The van der Waals surface area contributed by atoms with Crippen molar-refractivity contribution in [3.8, 4) is 11.5 Å². The first-order valence-electron chi connectivity index (χ1n) is 11.5. The molecule has 0 radical (unpaired) electrons. The summed E-state index contributed by atoms with van der Waals surface area (Å²) in [6.07, 6.45) is 0. The molecule has 0 aromatic heterocycles. The smallest absolute Gasteiger partial charge is 0.234 e. The van der Waals surface area contributed by atoms with E-state index in [-0.39, 0.29) is 11.9 Å². The van der Waals surface area contributed by atoms with Crippen LogP contribution in [-0.4, -0.2) is 62.7 Å². The van der Waals surface area contributed by atoms with Crippen LogP contribution in [0.5, 0.6) is 11.5 Å². The molecular weight excluding hydrogens is 414 g/mol. The van der Waals surface area contributed by atoms with Gasteiger partial charge < -0.3 is 14.8 Å². The SMILES string of the molecule is COc1ccc(CN2CCN(CC(=O)NC(C)c3ccc4ccccc4c3)CC2)cc1OC. The van der Waals surface area contributed by atoms with Crippen LogP contribution in [0.25, 0.3) is 10.8 Å². The zero-order valence-corrected chi connectivity index (χ0v) is 19.7. The van der Waals surface area contributed by atoms with E-state index >= 15 is 0 Å². The summed E-state index contributed by atoms with van der Waals surface area (Å²) in [5.74, 6) is 1.57. The van der Waals surface area contributed by atoms with Gasteiger partial charge in [0.1, 0.15) is 0 Å². The maximum atomic E-state index is 12.7. The lowest BCUT2D eigenvalue weighted by molar-refractivity contribution is -0.123. The topological polar surface area (TPSA) is 54.0 Å². The maximum absolute atomic E-state index is 12.7. The van der Waals surface area contributed by atoms with E-state index in [1.807, 2.05) is 31.2 Å². The normalized spacial score (nSPS) is 15.8. The van der Waals surface area contributed by atoms with Gasteiger partial charge in [-0.3, -0.25) is 14.6 Å². The highest BCUT2D eigenvalue weighted by atomic mass is 16.5. The number of fused-ring (bicyclic) bond motifs is 1. The second kappa shape index (κ2) is 10.7. The number of piperazine rings is 1. The number of amides is 1. The quantitative estimate of drug-likeness (QED) is 0.569. The number of benzene rings is 3. The van der Waals surface area contributed by atoms with Gasteiger partial charge in [0.2, 0.25) is 5.91 Å². The van der Waals surface area contributed by atoms with Crippen LogP contribution >= 0.6 is 0 Å². The first-order chi connectivity index (χ1) is 16.1. The van der Waals surface area contributed by atoms with E-state index in [0.717, 1.165) is 49.8 Å². The molecule has 1 atom stereocenters. The van der Waals surface area contributed by atoms with Crippen molar-refractivity contribution in [2.75, 3.05) is 46.9 Å². The third kappa shape index (κ3) is 5.83. The first kappa shape index (κ1) is 23.1. The summed E-state index contributed by atoms with van der Waals surface area (Å²) in [6.45, 7) is 6.96. The number of hydrogen-bond donors (Lipinski definition) is 1. The first-order valence-corrected chi connectivity index (χ1v) is 11.5. The van der Waals surface area contributed by atoms with Crippen LogP contribution in [0.4, 0.5) is 0 Å². The third-order valence-corrected chi connectivity index (χ3v) is 6.34. The molecule has 1 aliphatic rings. The minimum atomic E-state index is -0.0200. The van der Waals surface area contributed by atoms with Gasteiger partial charge in [-0.2, -0.15) is 0 Å². The summed E-state index contributed by atoms with van der Waals surface area (Å²) in [5.41, 5.74) is 2.32. The standard InChI is InChI=1S/C27H33N3O3/c1-20(23-10-9-22-6-4-5-7-24(22)17-23)28-27(31)19-30-14-12-29(13-15-30)18-21-8-11-25(32-2)26(16-21)33-3/h4-11,16-17,20H,12-15,18-19H2,1-3H3,(H,28,31). The Kier molecular flexibility index (Phi) is 7.47. The molecule has 3 aromatic carbocycles. The van der Waals surface area contributed by atoms with Crippen LogP contribution in [0.2, 0.25) is 0 Å². The Morgan fingerprint density at radius 1 is 0.879 bits per heavy atom. The van der Waals surface area contributed by atoms with Gasteiger partial charge in [-0.1, -0.05) is 42.5 Å². The number of hydrogen-bond acceptors (Lipinski definition) is 5. The largest absolute Gasteiger partial charge is 0.493 e. The number of rotatable bonds is 8. The number of carbonyl (C=O) groups is 1. The molecular formula is C27H33N3O3. The van der Waals surface area contributed by atoms with E-state index < -0.39 is 0 Å². The summed E-state index contributed by atoms with van der Waals surface area (Å²) >= 11 is 0. The number of carbonyl (C=O) groups excluding carboxylic acids is 1. The van der Waals surface area contributed by atoms with Crippen LogP contribution < -0.4 is 14.8 Å². The third-order valence-electron chi connectivity index (χ3n) is 6.34. The fourth-order valence-electron chi connectivity index (χ4n) is 4.39. The van der Waals surface area contributed by atoms with Crippen LogP contribution in [0, 0.1) is 0 Å². The van der Waals surface area contributed by atoms with Gasteiger partial charge in [-0.25, -0.2) is 0 Å². The highest BCUT2D eigenvalue weighted by Gasteiger charge is 2.20. The zero-order chi connectivity index (χ0) is 23.2. The minimum absolute atomic E-state index is 0.0200. The van der Waals surface area contributed by atoms with Crippen molar-refractivity contribution in [3.05, 3.63) is 71.8 Å². The van der Waals surface area contributed by atoms with Crippen molar-refractivity contribution in [2.24, 2.45) is 0 Å². The summed E-state index contributed by atoms with van der Waals surface area (Å²) in [4.78, 5) is 17.3. The van der Waals surface area contributed by atoms with Gasteiger partial charge >= 0.3 is 0 Å². The lowest BCUT2D eigenvalue weighted by Gasteiger charge is -2.34. The molecule has 6 heteroatoms. The number of methoxy groups -OCH3 is 2. The molecule has 1 N–H and O–H groups in total. The number of nitrogens with one attached hydrogen (secondary N) is 1. The molecule has 1 unspecified atom stereocenters. The second-order valence-electron chi connectivity index (χ2n) is 8.64. The molecule has 1 fully saturated rings. The average molecular weight is 448 g/mol. The maximum Gasteiger partial charge on any atom is 0.234 e. The van der Waals surface area contributed by atoms with Crippen molar-refractivity contribution in [1.29, 1.82) is 0 Å². The van der Waals surface area contributed by atoms with Crippen LogP contribution in [0.15, 0.2) is 60.7 Å². The van der Waals surface area contributed by atoms with Crippen LogP contribution in [0.1, 0.15) is 24.1 Å². The molecule has 1 heterocycles. The molecule has 33 heavy (non-hydrogen) atoms. The summed E-state index contributed by atoms with van der Waals surface area (Å²) in [7, 11) is 3.31. The summed E-state index contributed by atoms with van der Waals surface area (Å²) < 4.78 is 10.7.